The van der Waals surface area contributed by atoms with Crippen LogP contribution in [0.5, 0.6) is 0 Å². The van der Waals surface area contributed by atoms with Crippen LogP contribution in [0.3, 0.4) is 0 Å². The first-order valence-corrected chi connectivity index (χ1v) is 10.8. The molecule has 0 radical (unpaired) electrons. The zero-order chi connectivity index (χ0) is 22.1. The van der Waals surface area contributed by atoms with Crippen molar-refractivity contribution in [3.05, 3.63) is 82.9 Å². The van der Waals surface area contributed by atoms with Crippen LogP contribution in [0, 0.1) is 17.5 Å². The number of fused-ring (bicyclic) bond motifs is 1. The number of benzene rings is 2. The summed E-state index contributed by atoms with van der Waals surface area (Å²) in [6, 6.07) is 10.6. The molecule has 0 amide bonds. The molecule has 0 atom stereocenters. The van der Waals surface area contributed by atoms with E-state index in [0.29, 0.717) is 43.4 Å². The Hall–Kier alpha value is -3.13. The second kappa shape index (κ2) is 8.78. The summed E-state index contributed by atoms with van der Waals surface area (Å²) in [5.41, 5.74) is 3.17. The number of para-hydroxylation sites is 1. The normalized spacial score (nSPS) is 16.8. The zero-order valence-electron chi connectivity index (χ0n) is 17.6. The van der Waals surface area contributed by atoms with Crippen molar-refractivity contribution < 1.29 is 13.2 Å². The SMILES string of the molecule is Fc1ccc(CN2CCc3nc(N4CCN(c5ccccc5F)CC4)ncc3C2)c(F)c1. The van der Waals surface area contributed by atoms with E-state index < -0.39 is 11.6 Å². The van der Waals surface area contributed by atoms with Crippen molar-refractivity contribution in [2.24, 2.45) is 0 Å². The van der Waals surface area contributed by atoms with Gasteiger partial charge in [0.1, 0.15) is 17.5 Å². The van der Waals surface area contributed by atoms with Crippen LogP contribution < -0.4 is 9.80 Å². The van der Waals surface area contributed by atoms with E-state index in [1.165, 1.54) is 18.2 Å². The van der Waals surface area contributed by atoms with E-state index in [1.807, 2.05) is 18.3 Å². The highest BCUT2D eigenvalue weighted by atomic mass is 19.1. The number of piperazine rings is 1. The van der Waals surface area contributed by atoms with Crippen LogP contribution in [-0.2, 0) is 19.5 Å². The fraction of sp³-hybridized carbons (Fsp3) is 0.333. The number of hydrogen-bond acceptors (Lipinski definition) is 5. The van der Waals surface area contributed by atoms with Gasteiger partial charge in [-0.1, -0.05) is 18.2 Å². The van der Waals surface area contributed by atoms with Crippen LogP contribution in [0.25, 0.3) is 0 Å². The Kier molecular flexibility index (Phi) is 5.70. The van der Waals surface area contributed by atoms with Gasteiger partial charge in [-0.3, -0.25) is 4.90 Å². The summed E-state index contributed by atoms with van der Waals surface area (Å²) in [4.78, 5) is 15.7. The molecular weight excluding hydrogens is 415 g/mol. The minimum absolute atomic E-state index is 0.198. The third-order valence-corrected chi connectivity index (χ3v) is 6.16. The summed E-state index contributed by atoms with van der Waals surface area (Å²) in [6.45, 7) is 4.67. The van der Waals surface area contributed by atoms with Crippen LogP contribution in [0.2, 0.25) is 0 Å². The predicted octanol–water partition coefficient (Wildman–Crippen LogP) is 3.78. The van der Waals surface area contributed by atoms with E-state index >= 15 is 0 Å². The highest BCUT2D eigenvalue weighted by Gasteiger charge is 2.24. The van der Waals surface area contributed by atoms with Gasteiger partial charge in [0.15, 0.2) is 0 Å². The Bertz CT molecular complexity index is 1110. The van der Waals surface area contributed by atoms with Gasteiger partial charge in [-0.05, 0) is 18.2 Å². The molecule has 0 saturated carbocycles. The Morgan fingerprint density at radius 2 is 1.62 bits per heavy atom. The van der Waals surface area contributed by atoms with E-state index in [9.17, 15) is 13.2 Å². The lowest BCUT2D eigenvalue weighted by atomic mass is 10.1. The monoisotopic (exact) mass is 439 g/mol. The van der Waals surface area contributed by atoms with Gasteiger partial charge in [-0.2, -0.15) is 0 Å². The molecule has 0 aliphatic carbocycles. The van der Waals surface area contributed by atoms with Crippen molar-refractivity contribution in [2.75, 3.05) is 42.5 Å². The van der Waals surface area contributed by atoms with Gasteiger partial charge in [-0.25, -0.2) is 23.1 Å². The van der Waals surface area contributed by atoms with E-state index in [0.717, 1.165) is 43.4 Å². The van der Waals surface area contributed by atoms with E-state index in [4.69, 9.17) is 4.98 Å². The quantitative estimate of drug-likeness (QED) is 0.618. The fourth-order valence-corrected chi connectivity index (χ4v) is 4.40. The van der Waals surface area contributed by atoms with Crippen molar-refractivity contribution in [3.8, 4) is 0 Å². The summed E-state index contributed by atoms with van der Waals surface area (Å²) < 4.78 is 41.2. The van der Waals surface area contributed by atoms with Gasteiger partial charge in [0.25, 0.3) is 0 Å². The highest BCUT2D eigenvalue weighted by Crippen LogP contribution is 2.24. The predicted molar refractivity (Wildman–Crippen MR) is 117 cm³/mol. The van der Waals surface area contributed by atoms with Crippen molar-refractivity contribution >= 4 is 11.6 Å². The number of hydrogen-bond donors (Lipinski definition) is 0. The fourth-order valence-electron chi connectivity index (χ4n) is 4.40. The van der Waals surface area contributed by atoms with Crippen molar-refractivity contribution in [1.29, 1.82) is 0 Å². The Balaban J connectivity index is 1.22. The second-order valence-corrected chi connectivity index (χ2v) is 8.26. The van der Waals surface area contributed by atoms with Gasteiger partial charge in [0, 0.05) is 75.6 Å². The molecular formula is C24H24F3N5. The first-order chi connectivity index (χ1) is 15.6. The smallest absolute Gasteiger partial charge is 0.225 e. The molecule has 0 unspecified atom stereocenters. The molecule has 2 aromatic carbocycles. The van der Waals surface area contributed by atoms with E-state index in [2.05, 4.69) is 19.7 Å². The van der Waals surface area contributed by atoms with Crippen molar-refractivity contribution in [2.45, 2.75) is 19.5 Å². The molecule has 0 spiro atoms. The molecule has 1 aromatic heterocycles. The van der Waals surface area contributed by atoms with Crippen LogP contribution >= 0.6 is 0 Å². The highest BCUT2D eigenvalue weighted by molar-refractivity contribution is 5.49. The maximum Gasteiger partial charge on any atom is 0.225 e. The summed E-state index contributed by atoms with van der Waals surface area (Å²) in [7, 11) is 0. The lowest BCUT2D eigenvalue weighted by Gasteiger charge is -2.36. The van der Waals surface area contributed by atoms with Crippen LogP contribution in [0.1, 0.15) is 16.8 Å². The molecule has 1 fully saturated rings. The summed E-state index contributed by atoms with van der Waals surface area (Å²) in [5, 5.41) is 0. The number of anilines is 2. The molecule has 0 bridgehead atoms. The van der Waals surface area contributed by atoms with Crippen LogP contribution in [-0.4, -0.2) is 47.6 Å². The summed E-state index contributed by atoms with van der Waals surface area (Å²) in [5.74, 6) is -0.575. The molecule has 0 N–H and O–H groups in total. The lowest BCUT2D eigenvalue weighted by Crippen LogP contribution is -2.47. The number of aromatic nitrogens is 2. The Morgan fingerprint density at radius 3 is 2.41 bits per heavy atom. The molecule has 1 saturated heterocycles. The third kappa shape index (κ3) is 4.27. The summed E-state index contributed by atoms with van der Waals surface area (Å²) >= 11 is 0. The second-order valence-electron chi connectivity index (χ2n) is 8.26. The largest absolute Gasteiger partial charge is 0.366 e. The maximum absolute atomic E-state index is 14.1. The number of nitrogens with zero attached hydrogens (tertiary/aromatic N) is 5. The van der Waals surface area contributed by atoms with Gasteiger partial charge in [-0.15, -0.1) is 0 Å². The van der Waals surface area contributed by atoms with Gasteiger partial charge < -0.3 is 9.80 Å². The molecule has 3 aromatic rings. The molecule has 166 valence electrons. The molecule has 2 aliphatic heterocycles. The molecule has 8 heteroatoms. The number of rotatable bonds is 4. The van der Waals surface area contributed by atoms with E-state index in [-0.39, 0.29) is 5.82 Å². The third-order valence-electron chi connectivity index (χ3n) is 6.16. The van der Waals surface area contributed by atoms with Gasteiger partial charge in [0.2, 0.25) is 5.95 Å². The zero-order valence-corrected chi connectivity index (χ0v) is 17.6. The van der Waals surface area contributed by atoms with E-state index in [1.54, 1.807) is 6.07 Å². The standard InChI is InChI=1S/C24H24F3N5/c25-19-6-5-17(21(27)13-19)15-30-8-7-22-18(16-30)14-28-24(29-22)32-11-9-31(10-12-32)23-4-2-1-3-20(23)26/h1-6,13-14H,7-12,15-16H2. The minimum atomic E-state index is -0.564. The van der Waals surface area contributed by atoms with Crippen molar-refractivity contribution in [1.82, 2.24) is 14.9 Å². The van der Waals surface area contributed by atoms with Gasteiger partial charge >= 0.3 is 0 Å². The molecule has 32 heavy (non-hydrogen) atoms. The average Bonchev–Trinajstić information content (AvgIpc) is 2.81. The Morgan fingerprint density at radius 1 is 0.844 bits per heavy atom. The molecule has 3 heterocycles. The van der Waals surface area contributed by atoms with Crippen LogP contribution in [0.4, 0.5) is 24.8 Å². The lowest BCUT2D eigenvalue weighted by molar-refractivity contribution is 0.239. The number of halogens is 3. The van der Waals surface area contributed by atoms with Gasteiger partial charge in [0.05, 0.1) is 11.4 Å². The summed E-state index contributed by atoms with van der Waals surface area (Å²) in [6.07, 6.45) is 2.61. The van der Waals surface area contributed by atoms with Crippen molar-refractivity contribution in [3.63, 3.8) is 0 Å². The van der Waals surface area contributed by atoms with Crippen LogP contribution in [0.15, 0.2) is 48.7 Å². The molecule has 5 nitrogen and oxygen atoms in total. The maximum atomic E-state index is 14.1. The average molecular weight is 439 g/mol. The first kappa shape index (κ1) is 20.8. The topological polar surface area (TPSA) is 35.5 Å². The minimum Gasteiger partial charge on any atom is -0.366 e. The Labute approximate surface area is 185 Å². The first-order valence-electron chi connectivity index (χ1n) is 10.8. The molecule has 2 aliphatic rings. The molecule has 5 rings (SSSR count).